The van der Waals surface area contributed by atoms with Crippen molar-refractivity contribution >= 4 is 40.6 Å². The van der Waals surface area contributed by atoms with Crippen molar-refractivity contribution < 1.29 is 28.2 Å². The van der Waals surface area contributed by atoms with Crippen LogP contribution >= 0.6 is 22.6 Å². The Balaban J connectivity index is 3.28. The lowest BCUT2D eigenvalue weighted by molar-refractivity contribution is -0.144. The summed E-state index contributed by atoms with van der Waals surface area (Å²) in [5.74, 6) is -5.74. The highest BCUT2D eigenvalue weighted by molar-refractivity contribution is 14.1. The number of hydrogen-bond donors (Lipinski definition) is 1. The molecule has 26 heavy (non-hydrogen) atoms. The zero-order valence-electron chi connectivity index (χ0n) is 14.9. The van der Waals surface area contributed by atoms with Crippen molar-refractivity contribution in [3.63, 3.8) is 0 Å². The van der Waals surface area contributed by atoms with E-state index in [0.29, 0.717) is 0 Å². The van der Waals surface area contributed by atoms with Crippen LogP contribution in [0, 0.1) is 26.8 Å². The van der Waals surface area contributed by atoms with Gasteiger partial charge in [0.05, 0.1) is 28.4 Å². The largest absolute Gasteiger partial charge is 0.465 e. The van der Waals surface area contributed by atoms with Gasteiger partial charge in [-0.3, -0.25) is 14.6 Å². The van der Waals surface area contributed by atoms with Crippen molar-refractivity contribution in [1.82, 2.24) is 4.98 Å². The highest BCUT2D eigenvalue weighted by Crippen LogP contribution is 2.23. The van der Waals surface area contributed by atoms with Gasteiger partial charge in [0.1, 0.15) is 0 Å². The van der Waals surface area contributed by atoms with Crippen LogP contribution in [0.3, 0.4) is 0 Å². The second kappa shape index (κ2) is 9.45. The Morgan fingerprint density at radius 3 is 2.50 bits per heavy atom. The molecule has 6 nitrogen and oxygen atoms in total. The Hall–Kier alpha value is -1.49. The summed E-state index contributed by atoms with van der Waals surface area (Å²) in [5, 5.41) is 9.46. The van der Waals surface area contributed by atoms with Gasteiger partial charge in [0, 0.05) is 6.21 Å². The van der Waals surface area contributed by atoms with Gasteiger partial charge in [-0.15, -0.1) is 0 Å². The molecule has 1 heterocycles. The first kappa shape index (κ1) is 22.6. The molecule has 0 aliphatic heterocycles. The minimum absolute atomic E-state index is 0.0147. The molecule has 144 valence electrons. The van der Waals surface area contributed by atoms with Gasteiger partial charge in [0.25, 0.3) is 0 Å². The van der Waals surface area contributed by atoms with Crippen LogP contribution in [0.5, 0.6) is 0 Å². The molecule has 0 amide bonds. The summed E-state index contributed by atoms with van der Waals surface area (Å²) in [7, 11) is 0. The Morgan fingerprint density at radius 1 is 1.38 bits per heavy atom. The lowest BCUT2D eigenvalue weighted by Gasteiger charge is -2.25. The van der Waals surface area contributed by atoms with Gasteiger partial charge in [0.15, 0.2) is 11.7 Å². The average molecular weight is 482 g/mol. The molecule has 1 aromatic heterocycles. The fourth-order valence-electron chi connectivity index (χ4n) is 1.99. The van der Waals surface area contributed by atoms with E-state index in [-0.39, 0.29) is 16.8 Å². The predicted octanol–water partition coefficient (Wildman–Crippen LogP) is 2.80. The number of rotatable bonds is 7. The molecular formula is C17H21F2IN2O4. The molecule has 0 bridgehead atoms. The molecule has 0 spiro atoms. The number of aromatic nitrogens is 1. The summed E-state index contributed by atoms with van der Waals surface area (Å²) in [4.78, 5) is 31.9. The van der Waals surface area contributed by atoms with Gasteiger partial charge in [-0.25, -0.2) is 0 Å². The first-order valence-electron chi connectivity index (χ1n) is 7.89. The molecule has 1 rings (SSSR count). The third-order valence-electron chi connectivity index (χ3n) is 3.56. The number of hydrogen-bond acceptors (Lipinski definition) is 6. The molecule has 0 aliphatic rings. The number of aliphatic hydroxyl groups is 1. The topological polar surface area (TPSA) is 88.9 Å². The number of esters is 1. The molecule has 0 radical (unpaired) electrons. The molecule has 0 aliphatic carbocycles. The number of aliphatic hydroxyl groups excluding tert-OH is 1. The van der Waals surface area contributed by atoms with E-state index in [1.54, 1.807) is 29.5 Å². The van der Waals surface area contributed by atoms with Crippen molar-refractivity contribution in [3.05, 3.63) is 27.1 Å². The van der Waals surface area contributed by atoms with Crippen LogP contribution in [0.1, 0.15) is 38.1 Å². The van der Waals surface area contributed by atoms with Crippen molar-refractivity contribution in [2.24, 2.45) is 16.3 Å². The maximum Gasteiger partial charge on any atom is 0.322 e. The quantitative estimate of drug-likeness (QED) is 0.161. The summed E-state index contributed by atoms with van der Waals surface area (Å²) >= 11 is 1.57. The molecule has 1 N–H and O–H groups in total. The number of pyridine rings is 1. The predicted molar refractivity (Wildman–Crippen MR) is 100 cm³/mol. The van der Waals surface area contributed by atoms with E-state index in [1.165, 1.54) is 0 Å². The van der Waals surface area contributed by atoms with E-state index in [9.17, 15) is 23.5 Å². The number of Topliss-reactive ketones (excluding diaryl/α,β-unsaturated/α-hetero) is 1. The number of ketones is 1. The zero-order valence-corrected chi connectivity index (χ0v) is 17.1. The highest BCUT2D eigenvalue weighted by atomic mass is 127. The zero-order chi connectivity index (χ0) is 20.1. The fourth-order valence-corrected chi connectivity index (χ4v) is 2.42. The van der Waals surface area contributed by atoms with Gasteiger partial charge < -0.3 is 9.84 Å². The van der Waals surface area contributed by atoms with Crippen LogP contribution in [-0.2, 0) is 9.53 Å². The maximum atomic E-state index is 13.9. The number of ether oxygens (including phenoxy) is 1. The Bertz CT molecular complexity index is 705. The van der Waals surface area contributed by atoms with Crippen LogP contribution in [0.4, 0.5) is 8.78 Å². The third-order valence-corrected chi connectivity index (χ3v) is 4.32. The number of carbonyl (C=O) groups is 2. The molecular weight excluding hydrogens is 461 g/mol. The molecule has 2 atom stereocenters. The van der Waals surface area contributed by atoms with E-state index in [0.717, 1.165) is 12.3 Å². The van der Waals surface area contributed by atoms with Crippen LogP contribution in [0.15, 0.2) is 11.1 Å². The monoisotopic (exact) mass is 482 g/mol. The second-order valence-corrected chi connectivity index (χ2v) is 7.72. The molecule has 9 heteroatoms. The van der Waals surface area contributed by atoms with Crippen molar-refractivity contribution in [2.45, 2.75) is 33.7 Å². The van der Waals surface area contributed by atoms with Crippen LogP contribution < -0.4 is 0 Å². The first-order valence-corrected chi connectivity index (χ1v) is 8.97. The standard InChI is InChI=1S/C17H21F2IN2O4/c1-5-26-16(25)10(7-21-12(8-23)17(2,3)4)13(24)9-6-11(20)15(19)22-14(9)18/h6-7,10,12,23H,5,8H2,1-4H3. The molecule has 1 aromatic rings. The second-order valence-electron chi connectivity index (χ2n) is 6.56. The van der Waals surface area contributed by atoms with E-state index in [2.05, 4.69) is 9.98 Å². The van der Waals surface area contributed by atoms with E-state index in [4.69, 9.17) is 4.74 Å². The number of nitrogens with zero attached hydrogens (tertiary/aromatic N) is 2. The lowest BCUT2D eigenvalue weighted by atomic mass is 9.87. The molecule has 0 saturated carbocycles. The van der Waals surface area contributed by atoms with Crippen molar-refractivity contribution in [1.29, 1.82) is 0 Å². The lowest BCUT2D eigenvalue weighted by Crippen LogP contribution is -2.32. The average Bonchev–Trinajstić information content (AvgIpc) is 2.53. The van der Waals surface area contributed by atoms with E-state index >= 15 is 0 Å². The van der Waals surface area contributed by atoms with Crippen LogP contribution in [-0.4, -0.2) is 47.3 Å². The smallest absolute Gasteiger partial charge is 0.322 e. The van der Waals surface area contributed by atoms with Gasteiger partial charge in [-0.1, -0.05) is 20.8 Å². The fraction of sp³-hybridized carbons (Fsp3) is 0.529. The summed E-state index contributed by atoms with van der Waals surface area (Å²) in [6.45, 7) is 6.77. The maximum absolute atomic E-state index is 13.9. The van der Waals surface area contributed by atoms with Crippen molar-refractivity contribution in [2.75, 3.05) is 13.2 Å². The summed E-state index contributed by atoms with van der Waals surface area (Å²) in [6, 6.07) is 0.400. The molecule has 0 aromatic carbocycles. The van der Waals surface area contributed by atoms with Gasteiger partial charge in [0.2, 0.25) is 11.9 Å². The minimum atomic E-state index is -1.52. The van der Waals surface area contributed by atoms with Crippen LogP contribution in [0.2, 0.25) is 0 Å². The Labute approximate surface area is 164 Å². The normalized spacial score (nSPS) is 14.3. The van der Waals surface area contributed by atoms with E-state index < -0.39 is 46.6 Å². The van der Waals surface area contributed by atoms with Gasteiger partial charge in [-0.2, -0.15) is 13.8 Å². The highest BCUT2D eigenvalue weighted by Gasteiger charge is 2.32. The summed E-state index contributed by atoms with van der Waals surface area (Å²) < 4.78 is 32.1. The summed E-state index contributed by atoms with van der Waals surface area (Å²) in [5.41, 5.74) is -0.956. The number of halogens is 3. The van der Waals surface area contributed by atoms with Crippen molar-refractivity contribution in [3.8, 4) is 0 Å². The first-order chi connectivity index (χ1) is 12.0. The van der Waals surface area contributed by atoms with E-state index in [1.807, 2.05) is 20.8 Å². The molecule has 0 fully saturated rings. The van der Waals surface area contributed by atoms with Gasteiger partial charge in [-0.05, 0) is 41.0 Å². The number of aliphatic imine (C=N–C) groups is 1. The Morgan fingerprint density at radius 2 is 2.00 bits per heavy atom. The molecule has 0 saturated heterocycles. The minimum Gasteiger partial charge on any atom is -0.465 e. The summed E-state index contributed by atoms with van der Waals surface area (Å²) in [6.07, 6.45) is 1.04. The number of carbonyl (C=O) groups excluding carboxylic acids is 2. The SMILES string of the molecule is CCOC(=O)C(C=NC(CO)C(C)(C)C)C(=O)c1cc(I)c(F)nc1F. The Kier molecular flexibility index (Phi) is 8.19. The van der Waals surface area contributed by atoms with Gasteiger partial charge >= 0.3 is 5.97 Å². The van der Waals surface area contributed by atoms with Crippen LogP contribution in [0.25, 0.3) is 0 Å². The molecule has 2 unspecified atom stereocenters. The third kappa shape index (κ3) is 5.76.